The Balaban J connectivity index is 3.03. The standard InChI is InChI=1S/C44H90O/c1-3-5-7-9-11-13-15-17-18-19-20-21-22-23-24-25-26-27-28-29-30-31-32-34-36-38-40-42-44-45-43-41-39-37-35-33-16-14-12-10-8-6-4-2/h3-44H2,1-2H3. The first-order chi connectivity index (χ1) is 22.4. The van der Waals surface area contributed by atoms with Crippen LogP contribution in [0.3, 0.4) is 0 Å². The fourth-order valence-electron chi connectivity index (χ4n) is 7.02. The second-order valence-corrected chi connectivity index (χ2v) is 15.0. The second kappa shape index (κ2) is 44.0. The summed E-state index contributed by atoms with van der Waals surface area (Å²) in [5.41, 5.74) is 0. The molecule has 0 aromatic rings. The fourth-order valence-corrected chi connectivity index (χ4v) is 7.02. The lowest BCUT2D eigenvalue weighted by Gasteiger charge is -2.06. The Morgan fingerprint density at radius 3 is 0.467 bits per heavy atom. The highest BCUT2D eigenvalue weighted by atomic mass is 16.5. The molecule has 0 unspecified atom stereocenters. The first kappa shape index (κ1) is 45.0. The van der Waals surface area contributed by atoms with E-state index in [0.717, 1.165) is 13.2 Å². The third kappa shape index (κ3) is 44.0. The van der Waals surface area contributed by atoms with Gasteiger partial charge in [-0.3, -0.25) is 0 Å². The molecule has 0 saturated carbocycles. The van der Waals surface area contributed by atoms with E-state index >= 15 is 0 Å². The van der Waals surface area contributed by atoms with E-state index in [1.165, 1.54) is 257 Å². The fraction of sp³-hybridized carbons (Fsp3) is 1.00. The van der Waals surface area contributed by atoms with Crippen LogP contribution in [0.1, 0.15) is 271 Å². The molecule has 45 heavy (non-hydrogen) atoms. The summed E-state index contributed by atoms with van der Waals surface area (Å²) in [4.78, 5) is 0. The lowest BCUT2D eigenvalue weighted by atomic mass is 10.0. The minimum atomic E-state index is 0.997. The van der Waals surface area contributed by atoms with Crippen molar-refractivity contribution in [1.29, 1.82) is 0 Å². The molecule has 0 N–H and O–H groups in total. The predicted molar refractivity (Wildman–Crippen MR) is 207 cm³/mol. The van der Waals surface area contributed by atoms with Crippen LogP contribution in [-0.4, -0.2) is 13.2 Å². The summed E-state index contributed by atoms with van der Waals surface area (Å²) in [5.74, 6) is 0. The van der Waals surface area contributed by atoms with Gasteiger partial charge in [0.25, 0.3) is 0 Å². The van der Waals surface area contributed by atoms with Crippen LogP contribution in [-0.2, 0) is 4.74 Å². The molecule has 1 nitrogen and oxygen atoms in total. The van der Waals surface area contributed by atoms with E-state index in [1.54, 1.807) is 0 Å². The molecule has 0 saturated heterocycles. The maximum Gasteiger partial charge on any atom is 0.0466 e. The summed E-state index contributed by atoms with van der Waals surface area (Å²) < 4.78 is 5.88. The Kier molecular flexibility index (Phi) is 43.9. The van der Waals surface area contributed by atoms with Crippen LogP contribution in [0.15, 0.2) is 0 Å². The van der Waals surface area contributed by atoms with Gasteiger partial charge in [0, 0.05) is 13.2 Å². The molecule has 0 radical (unpaired) electrons. The molecular weight excluding hydrogens is 544 g/mol. The van der Waals surface area contributed by atoms with E-state index in [-0.39, 0.29) is 0 Å². The topological polar surface area (TPSA) is 9.23 Å². The number of ether oxygens (including phenoxy) is 1. The van der Waals surface area contributed by atoms with Crippen LogP contribution in [0, 0.1) is 0 Å². The average Bonchev–Trinajstić information content (AvgIpc) is 3.05. The van der Waals surface area contributed by atoms with Gasteiger partial charge in [-0.2, -0.15) is 0 Å². The molecule has 0 bridgehead atoms. The van der Waals surface area contributed by atoms with Crippen molar-refractivity contribution in [3.8, 4) is 0 Å². The average molecular weight is 635 g/mol. The third-order valence-electron chi connectivity index (χ3n) is 10.3. The highest BCUT2D eigenvalue weighted by Gasteiger charge is 1.98. The van der Waals surface area contributed by atoms with Crippen molar-refractivity contribution in [1.82, 2.24) is 0 Å². The minimum absolute atomic E-state index is 0.997. The van der Waals surface area contributed by atoms with Gasteiger partial charge in [-0.05, 0) is 12.8 Å². The molecule has 0 aliphatic heterocycles. The van der Waals surface area contributed by atoms with Crippen molar-refractivity contribution in [3.63, 3.8) is 0 Å². The quantitative estimate of drug-likeness (QED) is 0.0607. The van der Waals surface area contributed by atoms with Crippen molar-refractivity contribution in [2.75, 3.05) is 13.2 Å². The van der Waals surface area contributed by atoms with E-state index in [9.17, 15) is 0 Å². The number of unbranched alkanes of at least 4 members (excludes halogenated alkanes) is 38. The van der Waals surface area contributed by atoms with E-state index in [1.807, 2.05) is 0 Å². The van der Waals surface area contributed by atoms with Gasteiger partial charge in [0.05, 0.1) is 0 Å². The van der Waals surface area contributed by atoms with Gasteiger partial charge < -0.3 is 4.74 Å². The Morgan fingerprint density at radius 2 is 0.311 bits per heavy atom. The highest BCUT2D eigenvalue weighted by Crippen LogP contribution is 2.17. The van der Waals surface area contributed by atoms with Crippen molar-refractivity contribution in [2.24, 2.45) is 0 Å². The first-order valence-electron chi connectivity index (χ1n) is 22.0. The monoisotopic (exact) mass is 635 g/mol. The summed E-state index contributed by atoms with van der Waals surface area (Å²) in [6.07, 6.45) is 58.0. The van der Waals surface area contributed by atoms with Gasteiger partial charge in [0.15, 0.2) is 0 Å². The molecule has 1 heteroatoms. The lowest BCUT2D eigenvalue weighted by molar-refractivity contribution is 0.125. The Hall–Kier alpha value is -0.0400. The van der Waals surface area contributed by atoms with Crippen LogP contribution in [0.5, 0.6) is 0 Å². The molecule has 272 valence electrons. The van der Waals surface area contributed by atoms with Gasteiger partial charge >= 0.3 is 0 Å². The predicted octanol–water partition coefficient (Wildman–Crippen LogP) is 16.6. The van der Waals surface area contributed by atoms with Gasteiger partial charge in [0.2, 0.25) is 0 Å². The maximum atomic E-state index is 5.88. The van der Waals surface area contributed by atoms with Crippen molar-refractivity contribution < 1.29 is 4.74 Å². The number of hydrogen-bond donors (Lipinski definition) is 0. The van der Waals surface area contributed by atoms with Crippen LogP contribution in [0.2, 0.25) is 0 Å². The lowest BCUT2D eigenvalue weighted by Crippen LogP contribution is -1.97. The van der Waals surface area contributed by atoms with E-state index in [0.29, 0.717) is 0 Å². The normalized spacial score (nSPS) is 11.6. The zero-order valence-electron chi connectivity index (χ0n) is 32.1. The number of rotatable bonds is 42. The van der Waals surface area contributed by atoms with Crippen LogP contribution >= 0.6 is 0 Å². The van der Waals surface area contributed by atoms with Crippen molar-refractivity contribution in [2.45, 2.75) is 271 Å². The molecule has 0 aliphatic carbocycles. The smallest absolute Gasteiger partial charge is 0.0466 e. The maximum absolute atomic E-state index is 5.88. The molecule has 0 atom stereocenters. The largest absolute Gasteiger partial charge is 0.381 e. The van der Waals surface area contributed by atoms with E-state index in [2.05, 4.69) is 13.8 Å². The van der Waals surface area contributed by atoms with E-state index < -0.39 is 0 Å². The molecule has 0 aromatic carbocycles. The highest BCUT2D eigenvalue weighted by molar-refractivity contribution is 4.53. The minimum Gasteiger partial charge on any atom is -0.381 e. The molecule has 0 amide bonds. The Bertz CT molecular complexity index is 432. The Labute approximate surface area is 288 Å². The van der Waals surface area contributed by atoms with Crippen LogP contribution < -0.4 is 0 Å². The zero-order chi connectivity index (χ0) is 32.4. The summed E-state index contributed by atoms with van der Waals surface area (Å²) >= 11 is 0. The van der Waals surface area contributed by atoms with E-state index in [4.69, 9.17) is 4.74 Å². The molecule has 0 heterocycles. The SMILES string of the molecule is CCCCCCCCCCCCCCCCCCCCCCCCCCCCCCOCCCCCCCCCCCCCC. The Morgan fingerprint density at radius 1 is 0.178 bits per heavy atom. The first-order valence-corrected chi connectivity index (χ1v) is 22.0. The van der Waals surface area contributed by atoms with Crippen molar-refractivity contribution >= 4 is 0 Å². The van der Waals surface area contributed by atoms with Gasteiger partial charge in [-0.1, -0.05) is 258 Å². The third-order valence-corrected chi connectivity index (χ3v) is 10.3. The molecular formula is C44H90O. The van der Waals surface area contributed by atoms with Gasteiger partial charge in [-0.25, -0.2) is 0 Å². The van der Waals surface area contributed by atoms with Crippen LogP contribution in [0.4, 0.5) is 0 Å². The van der Waals surface area contributed by atoms with Gasteiger partial charge in [0.1, 0.15) is 0 Å². The van der Waals surface area contributed by atoms with Crippen LogP contribution in [0.25, 0.3) is 0 Å². The molecule has 0 rings (SSSR count). The second-order valence-electron chi connectivity index (χ2n) is 15.0. The zero-order valence-corrected chi connectivity index (χ0v) is 32.1. The molecule has 0 aromatic heterocycles. The van der Waals surface area contributed by atoms with Crippen molar-refractivity contribution in [3.05, 3.63) is 0 Å². The molecule has 0 aliphatic rings. The molecule has 0 fully saturated rings. The van der Waals surface area contributed by atoms with Gasteiger partial charge in [-0.15, -0.1) is 0 Å². The summed E-state index contributed by atoms with van der Waals surface area (Å²) in [6.45, 7) is 6.61. The summed E-state index contributed by atoms with van der Waals surface area (Å²) in [6, 6.07) is 0. The molecule has 0 spiro atoms. The summed E-state index contributed by atoms with van der Waals surface area (Å²) in [5, 5.41) is 0. The number of hydrogen-bond acceptors (Lipinski definition) is 1. The summed E-state index contributed by atoms with van der Waals surface area (Å²) in [7, 11) is 0.